The van der Waals surface area contributed by atoms with Crippen LogP contribution in [-0.2, 0) is 4.74 Å². The minimum atomic E-state index is -4.09. The van der Waals surface area contributed by atoms with Crippen molar-refractivity contribution in [1.82, 2.24) is 5.32 Å². The van der Waals surface area contributed by atoms with Crippen LogP contribution in [0.1, 0.15) is 32.6 Å². The van der Waals surface area contributed by atoms with Crippen molar-refractivity contribution in [3.63, 3.8) is 0 Å². The van der Waals surface area contributed by atoms with Crippen molar-refractivity contribution in [2.75, 3.05) is 26.3 Å². The van der Waals surface area contributed by atoms with Crippen LogP contribution in [0.25, 0.3) is 0 Å². The van der Waals surface area contributed by atoms with Gasteiger partial charge in [0, 0.05) is 6.61 Å². The van der Waals surface area contributed by atoms with Crippen LogP contribution in [-0.4, -0.2) is 32.5 Å². The van der Waals surface area contributed by atoms with Crippen LogP contribution in [0.5, 0.6) is 0 Å². The second-order valence-electron chi connectivity index (χ2n) is 3.39. The number of alkyl halides is 3. The lowest BCUT2D eigenvalue weighted by atomic mass is 10.2. The molecule has 0 aromatic rings. The Morgan fingerprint density at radius 3 is 2.40 bits per heavy atom. The van der Waals surface area contributed by atoms with E-state index in [4.69, 9.17) is 4.74 Å². The highest BCUT2D eigenvalue weighted by Gasteiger charge is 2.26. The predicted molar refractivity (Wildman–Crippen MR) is 53.9 cm³/mol. The molecule has 0 heterocycles. The van der Waals surface area contributed by atoms with Crippen LogP contribution in [0.4, 0.5) is 13.2 Å². The monoisotopic (exact) mass is 227 g/mol. The Morgan fingerprint density at radius 2 is 1.80 bits per heavy atom. The third-order valence-electron chi connectivity index (χ3n) is 1.92. The van der Waals surface area contributed by atoms with E-state index in [2.05, 4.69) is 5.32 Å². The summed E-state index contributed by atoms with van der Waals surface area (Å²) in [5.74, 6) is 0. The second-order valence-corrected chi connectivity index (χ2v) is 3.39. The number of ether oxygens (including phenoxy) is 1. The molecule has 0 unspecified atom stereocenters. The van der Waals surface area contributed by atoms with E-state index in [0.717, 1.165) is 32.4 Å². The number of rotatable bonds is 9. The average Bonchev–Trinajstić information content (AvgIpc) is 2.14. The van der Waals surface area contributed by atoms with E-state index in [-0.39, 0.29) is 6.61 Å². The van der Waals surface area contributed by atoms with Gasteiger partial charge in [-0.05, 0) is 32.4 Å². The molecule has 0 saturated carbocycles. The molecule has 0 rings (SSSR count). The van der Waals surface area contributed by atoms with Gasteiger partial charge in [0.25, 0.3) is 0 Å². The zero-order chi connectivity index (χ0) is 11.6. The summed E-state index contributed by atoms with van der Waals surface area (Å²) in [6.45, 7) is 4.19. The molecule has 0 amide bonds. The fourth-order valence-electron chi connectivity index (χ4n) is 1.10. The molecular weight excluding hydrogens is 207 g/mol. The first-order valence-corrected chi connectivity index (χ1v) is 5.41. The van der Waals surface area contributed by atoms with E-state index >= 15 is 0 Å². The van der Waals surface area contributed by atoms with Gasteiger partial charge in [0.1, 0.15) is 0 Å². The molecule has 1 N–H and O–H groups in total. The Hall–Kier alpha value is -0.290. The first-order valence-electron chi connectivity index (χ1n) is 5.41. The quantitative estimate of drug-likeness (QED) is 0.611. The van der Waals surface area contributed by atoms with Crippen LogP contribution in [0.15, 0.2) is 0 Å². The van der Waals surface area contributed by atoms with E-state index in [9.17, 15) is 13.2 Å². The van der Waals surface area contributed by atoms with Gasteiger partial charge in [-0.3, -0.25) is 0 Å². The Balaban J connectivity index is 2.99. The van der Waals surface area contributed by atoms with Crippen LogP contribution in [0.3, 0.4) is 0 Å². The highest BCUT2D eigenvalue weighted by molar-refractivity contribution is 4.49. The minimum absolute atomic E-state index is 0.212. The Bertz CT molecular complexity index is 139. The van der Waals surface area contributed by atoms with Gasteiger partial charge in [0.15, 0.2) is 0 Å². The molecule has 0 spiro atoms. The van der Waals surface area contributed by atoms with Crippen LogP contribution >= 0.6 is 0 Å². The maximum absolute atomic E-state index is 11.7. The SMILES string of the molecule is CCNCCCCCOCCC(F)(F)F. The zero-order valence-corrected chi connectivity index (χ0v) is 9.20. The number of unbranched alkanes of at least 4 members (excludes halogenated alkanes) is 2. The number of hydrogen-bond acceptors (Lipinski definition) is 2. The summed E-state index contributed by atoms with van der Waals surface area (Å²) in [7, 11) is 0. The highest BCUT2D eigenvalue weighted by Crippen LogP contribution is 2.18. The molecular formula is C10H20F3NO. The molecule has 0 fully saturated rings. The first-order chi connectivity index (χ1) is 7.06. The standard InChI is InChI=1S/C10H20F3NO/c1-2-14-7-4-3-5-8-15-9-6-10(11,12)13/h14H,2-9H2,1H3. The van der Waals surface area contributed by atoms with Crippen LogP contribution in [0, 0.1) is 0 Å². The van der Waals surface area contributed by atoms with Crippen molar-refractivity contribution in [2.24, 2.45) is 0 Å². The van der Waals surface area contributed by atoms with Crippen molar-refractivity contribution >= 4 is 0 Å². The van der Waals surface area contributed by atoms with Gasteiger partial charge >= 0.3 is 6.18 Å². The van der Waals surface area contributed by atoms with Gasteiger partial charge in [-0.1, -0.05) is 6.92 Å². The zero-order valence-electron chi connectivity index (χ0n) is 9.20. The molecule has 92 valence electrons. The lowest BCUT2D eigenvalue weighted by Gasteiger charge is -2.07. The molecule has 0 aliphatic rings. The normalized spacial score (nSPS) is 12.0. The minimum Gasteiger partial charge on any atom is -0.381 e. The fraction of sp³-hybridized carbons (Fsp3) is 1.00. The summed E-state index contributed by atoms with van der Waals surface area (Å²) in [4.78, 5) is 0. The Kier molecular flexibility index (Phi) is 8.80. The lowest BCUT2D eigenvalue weighted by molar-refractivity contribution is -0.145. The van der Waals surface area contributed by atoms with Crippen molar-refractivity contribution in [3.05, 3.63) is 0 Å². The van der Waals surface area contributed by atoms with E-state index in [0.29, 0.717) is 6.61 Å². The van der Waals surface area contributed by atoms with Crippen molar-refractivity contribution in [1.29, 1.82) is 0 Å². The molecule has 0 aromatic carbocycles. The van der Waals surface area contributed by atoms with Crippen molar-refractivity contribution in [2.45, 2.75) is 38.8 Å². The van der Waals surface area contributed by atoms with Gasteiger partial charge in [-0.25, -0.2) is 0 Å². The van der Waals surface area contributed by atoms with E-state index in [1.807, 2.05) is 6.92 Å². The topological polar surface area (TPSA) is 21.3 Å². The maximum atomic E-state index is 11.7. The van der Waals surface area contributed by atoms with Gasteiger partial charge < -0.3 is 10.1 Å². The van der Waals surface area contributed by atoms with E-state index < -0.39 is 12.6 Å². The summed E-state index contributed by atoms with van der Waals surface area (Å²) in [6, 6.07) is 0. The molecule has 0 aliphatic heterocycles. The third kappa shape index (κ3) is 13.7. The van der Waals surface area contributed by atoms with Crippen molar-refractivity contribution < 1.29 is 17.9 Å². The highest BCUT2D eigenvalue weighted by atomic mass is 19.4. The third-order valence-corrected chi connectivity index (χ3v) is 1.92. The first kappa shape index (κ1) is 14.7. The molecule has 0 saturated heterocycles. The number of nitrogens with one attached hydrogen (secondary N) is 1. The van der Waals surface area contributed by atoms with Gasteiger partial charge in [0.2, 0.25) is 0 Å². The molecule has 0 aliphatic carbocycles. The molecule has 15 heavy (non-hydrogen) atoms. The number of hydrogen-bond donors (Lipinski definition) is 1. The Morgan fingerprint density at radius 1 is 1.07 bits per heavy atom. The summed E-state index contributed by atoms with van der Waals surface area (Å²) in [5.41, 5.74) is 0. The average molecular weight is 227 g/mol. The van der Waals surface area contributed by atoms with Gasteiger partial charge in [-0.15, -0.1) is 0 Å². The van der Waals surface area contributed by atoms with Crippen LogP contribution < -0.4 is 5.32 Å². The maximum Gasteiger partial charge on any atom is 0.391 e. The van der Waals surface area contributed by atoms with E-state index in [1.54, 1.807) is 0 Å². The molecule has 2 nitrogen and oxygen atoms in total. The lowest BCUT2D eigenvalue weighted by Crippen LogP contribution is -2.14. The van der Waals surface area contributed by atoms with Gasteiger partial charge in [0.05, 0.1) is 13.0 Å². The molecule has 0 bridgehead atoms. The Labute approximate surface area is 89.2 Å². The van der Waals surface area contributed by atoms with Crippen LogP contribution in [0.2, 0.25) is 0 Å². The molecule has 0 radical (unpaired) electrons. The molecule has 0 atom stereocenters. The molecule has 5 heteroatoms. The summed E-state index contributed by atoms with van der Waals surface area (Å²) in [6.07, 6.45) is -2.05. The predicted octanol–water partition coefficient (Wildman–Crippen LogP) is 2.74. The summed E-state index contributed by atoms with van der Waals surface area (Å²) >= 11 is 0. The second kappa shape index (κ2) is 8.97. The van der Waals surface area contributed by atoms with E-state index in [1.165, 1.54) is 0 Å². The summed E-state index contributed by atoms with van der Waals surface area (Å²) < 4.78 is 39.9. The largest absolute Gasteiger partial charge is 0.391 e. The number of halogens is 3. The fourth-order valence-corrected chi connectivity index (χ4v) is 1.10. The summed E-state index contributed by atoms with van der Waals surface area (Å²) in [5, 5.41) is 3.18. The van der Waals surface area contributed by atoms with Crippen molar-refractivity contribution in [3.8, 4) is 0 Å². The smallest absolute Gasteiger partial charge is 0.381 e. The molecule has 0 aromatic heterocycles. The van der Waals surface area contributed by atoms with Gasteiger partial charge in [-0.2, -0.15) is 13.2 Å².